The minimum Gasteiger partial charge on any atom is -0.465 e. The highest BCUT2D eigenvalue weighted by Crippen LogP contribution is 2.44. The van der Waals surface area contributed by atoms with Crippen LogP contribution < -0.4 is 5.32 Å². The number of nitrogens with one attached hydrogen (secondary N) is 1. The summed E-state index contributed by atoms with van der Waals surface area (Å²) in [6.45, 7) is 4.29. The summed E-state index contributed by atoms with van der Waals surface area (Å²) in [5.74, 6) is -0.442. The Morgan fingerprint density at radius 2 is 1.83 bits per heavy atom. The van der Waals surface area contributed by atoms with Crippen molar-refractivity contribution in [1.29, 1.82) is 0 Å². The van der Waals surface area contributed by atoms with Gasteiger partial charge in [0.05, 0.1) is 25.9 Å². The minimum atomic E-state index is -0.441. The third-order valence-corrected chi connectivity index (χ3v) is 6.02. The van der Waals surface area contributed by atoms with Crippen molar-refractivity contribution in [1.82, 2.24) is 4.90 Å². The molecule has 7 nitrogen and oxygen atoms in total. The third kappa shape index (κ3) is 5.35. The Kier molecular flexibility index (Phi) is 6.90. The molecule has 29 heavy (non-hydrogen) atoms. The van der Waals surface area contributed by atoms with Gasteiger partial charge in [-0.15, -0.1) is 0 Å². The Bertz CT molecular complexity index is 764. The van der Waals surface area contributed by atoms with Crippen molar-refractivity contribution in [3.63, 3.8) is 0 Å². The zero-order valence-electron chi connectivity index (χ0n) is 17.3. The lowest BCUT2D eigenvalue weighted by Crippen LogP contribution is -2.43. The van der Waals surface area contributed by atoms with Crippen molar-refractivity contribution in [3.05, 3.63) is 29.3 Å². The average Bonchev–Trinajstić information content (AvgIpc) is 3.17. The van der Waals surface area contributed by atoms with E-state index in [4.69, 9.17) is 9.47 Å². The van der Waals surface area contributed by atoms with Gasteiger partial charge in [-0.25, -0.2) is 4.79 Å². The standard InChI is InChI=1S/C22H30N2O5/c1-16-5-6-17(21(27)28-2)13-18(16)23-19(25)14-22(7-3-4-8-22)15-20(26)24-9-11-29-12-10-24/h5-6,13H,3-4,7-12,14-15H2,1-2H3,(H,23,25). The number of rotatable bonds is 6. The van der Waals surface area contributed by atoms with Gasteiger partial charge in [0.15, 0.2) is 0 Å². The second-order valence-corrected chi connectivity index (χ2v) is 8.12. The largest absolute Gasteiger partial charge is 0.465 e. The van der Waals surface area contributed by atoms with E-state index in [1.54, 1.807) is 18.2 Å². The van der Waals surface area contributed by atoms with Gasteiger partial charge in [-0.1, -0.05) is 18.9 Å². The van der Waals surface area contributed by atoms with Crippen LogP contribution in [0.2, 0.25) is 0 Å². The van der Waals surface area contributed by atoms with Gasteiger partial charge < -0.3 is 19.7 Å². The van der Waals surface area contributed by atoms with Crippen LogP contribution in [0.5, 0.6) is 0 Å². The summed E-state index contributed by atoms with van der Waals surface area (Å²) in [7, 11) is 1.33. The minimum absolute atomic E-state index is 0.117. The van der Waals surface area contributed by atoms with Gasteiger partial charge in [0.2, 0.25) is 11.8 Å². The Labute approximate surface area is 171 Å². The molecule has 1 saturated heterocycles. The number of carbonyl (C=O) groups excluding carboxylic acids is 3. The molecule has 1 aromatic carbocycles. The third-order valence-electron chi connectivity index (χ3n) is 6.02. The number of methoxy groups -OCH3 is 1. The summed E-state index contributed by atoms with van der Waals surface area (Å²) in [5, 5.41) is 2.94. The lowest BCUT2D eigenvalue weighted by Gasteiger charge is -2.33. The molecular weight excluding hydrogens is 372 g/mol. The summed E-state index contributed by atoms with van der Waals surface area (Å²) >= 11 is 0. The molecule has 1 aliphatic carbocycles. The van der Waals surface area contributed by atoms with E-state index in [9.17, 15) is 14.4 Å². The highest BCUT2D eigenvalue weighted by molar-refractivity contribution is 5.95. The van der Waals surface area contributed by atoms with E-state index in [1.165, 1.54) is 7.11 Å². The maximum Gasteiger partial charge on any atom is 0.337 e. The van der Waals surface area contributed by atoms with Gasteiger partial charge in [0.25, 0.3) is 0 Å². The van der Waals surface area contributed by atoms with Crippen LogP contribution in [0, 0.1) is 12.3 Å². The van der Waals surface area contributed by atoms with Gasteiger partial charge in [0, 0.05) is 31.6 Å². The second-order valence-electron chi connectivity index (χ2n) is 8.12. The van der Waals surface area contributed by atoms with E-state index >= 15 is 0 Å². The van der Waals surface area contributed by atoms with E-state index in [2.05, 4.69) is 5.32 Å². The fraction of sp³-hybridized carbons (Fsp3) is 0.591. The summed E-state index contributed by atoms with van der Waals surface area (Å²) in [4.78, 5) is 39.3. The number of aryl methyl sites for hydroxylation is 1. The van der Waals surface area contributed by atoms with Crippen molar-refractivity contribution >= 4 is 23.5 Å². The van der Waals surface area contributed by atoms with Crippen LogP contribution in [0.3, 0.4) is 0 Å². The number of morpholine rings is 1. The van der Waals surface area contributed by atoms with Crippen LogP contribution in [0.4, 0.5) is 5.69 Å². The van der Waals surface area contributed by atoms with E-state index in [1.807, 2.05) is 11.8 Å². The zero-order valence-corrected chi connectivity index (χ0v) is 17.3. The summed E-state index contributed by atoms with van der Waals surface area (Å²) < 4.78 is 10.1. The number of anilines is 1. The molecule has 1 aliphatic heterocycles. The molecule has 1 aromatic rings. The molecule has 158 valence electrons. The highest BCUT2D eigenvalue weighted by Gasteiger charge is 2.39. The number of hydrogen-bond donors (Lipinski definition) is 1. The van der Waals surface area contributed by atoms with Crippen molar-refractivity contribution < 1.29 is 23.9 Å². The average molecular weight is 402 g/mol. The SMILES string of the molecule is COC(=O)c1ccc(C)c(NC(=O)CC2(CC(=O)N3CCOCC3)CCCC2)c1. The number of benzene rings is 1. The van der Waals surface area contributed by atoms with E-state index in [0.29, 0.717) is 50.4 Å². The lowest BCUT2D eigenvalue weighted by atomic mass is 9.78. The van der Waals surface area contributed by atoms with Crippen molar-refractivity contribution in [3.8, 4) is 0 Å². The number of nitrogens with zero attached hydrogens (tertiary/aromatic N) is 1. The van der Waals surface area contributed by atoms with Crippen molar-refractivity contribution in [2.75, 3.05) is 38.7 Å². The Hall–Kier alpha value is -2.41. The molecule has 1 saturated carbocycles. The fourth-order valence-electron chi connectivity index (χ4n) is 4.32. The first-order valence-electron chi connectivity index (χ1n) is 10.3. The maximum absolute atomic E-state index is 12.9. The van der Waals surface area contributed by atoms with Crippen LogP contribution in [0.15, 0.2) is 18.2 Å². The molecule has 0 atom stereocenters. The zero-order chi connectivity index (χ0) is 20.9. The van der Waals surface area contributed by atoms with Crippen LogP contribution in [-0.2, 0) is 19.1 Å². The van der Waals surface area contributed by atoms with Gasteiger partial charge in [-0.3, -0.25) is 9.59 Å². The van der Waals surface area contributed by atoms with Crippen LogP contribution in [-0.4, -0.2) is 56.1 Å². The first kappa shape index (κ1) is 21.3. The number of esters is 1. The van der Waals surface area contributed by atoms with Gasteiger partial charge in [-0.2, -0.15) is 0 Å². The molecule has 0 unspecified atom stereocenters. The summed E-state index contributed by atoms with van der Waals surface area (Å²) in [6, 6.07) is 5.10. The number of hydrogen-bond acceptors (Lipinski definition) is 5. The Morgan fingerprint density at radius 3 is 2.48 bits per heavy atom. The molecule has 3 rings (SSSR count). The molecule has 0 spiro atoms. The molecule has 0 radical (unpaired) electrons. The summed E-state index contributed by atoms with van der Waals surface area (Å²) in [6.07, 6.45) is 4.57. The summed E-state index contributed by atoms with van der Waals surface area (Å²) in [5.41, 5.74) is 1.58. The second kappa shape index (κ2) is 9.39. The fourth-order valence-corrected chi connectivity index (χ4v) is 4.32. The van der Waals surface area contributed by atoms with Gasteiger partial charge >= 0.3 is 5.97 Å². The monoisotopic (exact) mass is 402 g/mol. The van der Waals surface area contributed by atoms with E-state index in [-0.39, 0.29) is 17.2 Å². The molecule has 2 fully saturated rings. The molecular formula is C22H30N2O5. The molecule has 7 heteroatoms. The smallest absolute Gasteiger partial charge is 0.337 e. The normalized spacial score (nSPS) is 18.3. The Morgan fingerprint density at radius 1 is 1.14 bits per heavy atom. The highest BCUT2D eigenvalue weighted by atomic mass is 16.5. The molecule has 2 amide bonds. The predicted molar refractivity (Wildman–Crippen MR) is 109 cm³/mol. The lowest BCUT2D eigenvalue weighted by molar-refractivity contribution is -0.138. The van der Waals surface area contributed by atoms with Crippen molar-refractivity contribution in [2.45, 2.75) is 45.4 Å². The molecule has 0 bridgehead atoms. The molecule has 1 N–H and O–H groups in total. The number of carbonyl (C=O) groups is 3. The first-order valence-corrected chi connectivity index (χ1v) is 10.3. The quantitative estimate of drug-likeness (QED) is 0.740. The number of ether oxygens (including phenoxy) is 2. The Balaban J connectivity index is 1.67. The topological polar surface area (TPSA) is 84.9 Å². The van der Waals surface area contributed by atoms with Crippen molar-refractivity contribution in [2.24, 2.45) is 5.41 Å². The first-order chi connectivity index (χ1) is 13.9. The predicted octanol–water partition coefficient (Wildman–Crippen LogP) is 2.92. The van der Waals surface area contributed by atoms with E-state index in [0.717, 1.165) is 31.2 Å². The molecule has 0 aromatic heterocycles. The van der Waals surface area contributed by atoms with E-state index < -0.39 is 5.97 Å². The van der Waals surface area contributed by atoms with Crippen LogP contribution in [0.25, 0.3) is 0 Å². The van der Waals surface area contributed by atoms with Crippen LogP contribution >= 0.6 is 0 Å². The molecule has 2 aliphatic rings. The molecule has 1 heterocycles. The maximum atomic E-state index is 12.9. The van der Waals surface area contributed by atoms with Crippen LogP contribution in [0.1, 0.15) is 54.4 Å². The number of amides is 2. The van der Waals surface area contributed by atoms with Gasteiger partial charge in [-0.05, 0) is 42.9 Å². The van der Waals surface area contributed by atoms with Gasteiger partial charge in [0.1, 0.15) is 0 Å².